The second kappa shape index (κ2) is 10.2. The van der Waals surface area contributed by atoms with E-state index >= 15 is 0 Å². The lowest BCUT2D eigenvalue weighted by Crippen LogP contribution is -2.31. The lowest BCUT2D eigenvalue weighted by Gasteiger charge is -2.14. The van der Waals surface area contributed by atoms with Gasteiger partial charge in [0.1, 0.15) is 12.4 Å². The SMILES string of the molecule is CN=C(NCCCOCc1ccco1)Nc1ccc(OC)c(OC)c1. The molecule has 0 spiro atoms. The standard InChI is InChI=1S/C18H25N3O4/c1-19-18(20-9-5-10-24-13-15-6-4-11-25-15)21-14-7-8-16(22-2)17(12-14)23-3/h4,6-8,11-12H,5,9-10,13H2,1-3H3,(H2,19,20,21). The van der Waals surface area contributed by atoms with Gasteiger partial charge in [-0.15, -0.1) is 0 Å². The van der Waals surface area contributed by atoms with E-state index < -0.39 is 0 Å². The Morgan fingerprint density at radius 2 is 2.00 bits per heavy atom. The van der Waals surface area contributed by atoms with Gasteiger partial charge in [-0.1, -0.05) is 0 Å². The van der Waals surface area contributed by atoms with Crippen LogP contribution in [0.1, 0.15) is 12.2 Å². The molecule has 25 heavy (non-hydrogen) atoms. The highest BCUT2D eigenvalue weighted by atomic mass is 16.5. The first-order valence-corrected chi connectivity index (χ1v) is 8.06. The van der Waals surface area contributed by atoms with Crippen molar-refractivity contribution in [1.82, 2.24) is 5.32 Å². The van der Waals surface area contributed by atoms with Gasteiger partial charge < -0.3 is 29.3 Å². The molecule has 0 fully saturated rings. The van der Waals surface area contributed by atoms with Gasteiger partial charge >= 0.3 is 0 Å². The summed E-state index contributed by atoms with van der Waals surface area (Å²) in [6, 6.07) is 9.35. The summed E-state index contributed by atoms with van der Waals surface area (Å²) in [6.07, 6.45) is 2.50. The normalized spacial score (nSPS) is 11.2. The van der Waals surface area contributed by atoms with Crippen LogP contribution in [0.2, 0.25) is 0 Å². The monoisotopic (exact) mass is 347 g/mol. The van der Waals surface area contributed by atoms with Crippen molar-refractivity contribution in [2.75, 3.05) is 39.7 Å². The summed E-state index contributed by atoms with van der Waals surface area (Å²) in [5.41, 5.74) is 0.861. The van der Waals surface area contributed by atoms with Gasteiger partial charge in [0.15, 0.2) is 17.5 Å². The summed E-state index contributed by atoms with van der Waals surface area (Å²) in [5.74, 6) is 2.86. The molecular formula is C18H25N3O4. The van der Waals surface area contributed by atoms with E-state index in [-0.39, 0.29) is 0 Å². The van der Waals surface area contributed by atoms with Gasteiger partial charge in [0, 0.05) is 32.0 Å². The highest BCUT2D eigenvalue weighted by Crippen LogP contribution is 2.29. The Morgan fingerprint density at radius 1 is 1.16 bits per heavy atom. The number of furan rings is 1. The maximum absolute atomic E-state index is 5.54. The molecule has 0 atom stereocenters. The average Bonchev–Trinajstić information content (AvgIpc) is 3.16. The zero-order chi connectivity index (χ0) is 17.9. The van der Waals surface area contributed by atoms with E-state index in [1.807, 2.05) is 30.3 Å². The molecule has 0 saturated heterocycles. The van der Waals surface area contributed by atoms with Crippen molar-refractivity contribution in [3.63, 3.8) is 0 Å². The summed E-state index contributed by atoms with van der Waals surface area (Å²) in [7, 11) is 4.94. The van der Waals surface area contributed by atoms with Gasteiger partial charge in [-0.25, -0.2) is 0 Å². The molecule has 0 aliphatic heterocycles. The number of hydrogen-bond acceptors (Lipinski definition) is 5. The third kappa shape index (κ3) is 6.04. The van der Waals surface area contributed by atoms with Crippen LogP contribution >= 0.6 is 0 Å². The fraction of sp³-hybridized carbons (Fsp3) is 0.389. The molecule has 1 aromatic carbocycles. The number of guanidine groups is 1. The quantitative estimate of drug-likeness (QED) is 0.413. The second-order valence-corrected chi connectivity index (χ2v) is 5.18. The van der Waals surface area contributed by atoms with E-state index in [1.165, 1.54) is 0 Å². The van der Waals surface area contributed by atoms with Crippen LogP contribution in [0.15, 0.2) is 46.0 Å². The third-order valence-electron chi connectivity index (χ3n) is 3.45. The number of aliphatic imine (C=N–C) groups is 1. The molecule has 0 unspecified atom stereocenters. The smallest absolute Gasteiger partial charge is 0.195 e. The molecule has 2 aromatic rings. The first kappa shape index (κ1) is 18.7. The van der Waals surface area contributed by atoms with Gasteiger partial charge in [-0.3, -0.25) is 4.99 Å². The minimum Gasteiger partial charge on any atom is -0.493 e. The molecular weight excluding hydrogens is 322 g/mol. The van der Waals surface area contributed by atoms with Crippen molar-refractivity contribution >= 4 is 11.6 Å². The molecule has 7 heteroatoms. The van der Waals surface area contributed by atoms with E-state index in [9.17, 15) is 0 Å². The van der Waals surface area contributed by atoms with Crippen molar-refractivity contribution in [3.8, 4) is 11.5 Å². The van der Waals surface area contributed by atoms with Crippen LogP contribution in [0.3, 0.4) is 0 Å². The first-order valence-electron chi connectivity index (χ1n) is 8.06. The first-order chi connectivity index (χ1) is 12.3. The highest BCUT2D eigenvalue weighted by molar-refractivity contribution is 5.93. The summed E-state index contributed by atoms with van der Waals surface area (Å²) in [5, 5.41) is 6.46. The number of nitrogens with zero attached hydrogens (tertiary/aromatic N) is 1. The van der Waals surface area contributed by atoms with Crippen LogP contribution in [-0.4, -0.2) is 40.4 Å². The minimum atomic E-state index is 0.492. The lowest BCUT2D eigenvalue weighted by atomic mass is 10.3. The maximum Gasteiger partial charge on any atom is 0.195 e. The van der Waals surface area contributed by atoms with Gasteiger partial charge in [-0.05, 0) is 30.7 Å². The third-order valence-corrected chi connectivity index (χ3v) is 3.45. The van der Waals surface area contributed by atoms with E-state index in [1.54, 1.807) is 27.5 Å². The van der Waals surface area contributed by atoms with Gasteiger partial charge in [0.25, 0.3) is 0 Å². The number of anilines is 1. The van der Waals surface area contributed by atoms with E-state index in [0.717, 1.165) is 24.4 Å². The van der Waals surface area contributed by atoms with Crippen LogP contribution in [0, 0.1) is 0 Å². The van der Waals surface area contributed by atoms with Crippen molar-refractivity contribution in [2.45, 2.75) is 13.0 Å². The molecule has 0 aliphatic carbocycles. The predicted octanol–water partition coefficient (Wildman–Crippen LogP) is 2.89. The molecule has 0 radical (unpaired) electrons. The number of nitrogens with one attached hydrogen (secondary N) is 2. The van der Waals surface area contributed by atoms with E-state index in [0.29, 0.717) is 30.7 Å². The molecule has 7 nitrogen and oxygen atoms in total. The second-order valence-electron chi connectivity index (χ2n) is 5.18. The van der Waals surface area contributed by atoms with Crippen molar-refractivity contribution in [1.29, 1.82) is 0 Å². The highest BCUT2D eigenvalue weighted by Gasteiger charge is 2.06. The summed E-state index contributed by atoms with van der Waals surface area (Å²) in [4.78, 5) is 4.21. The van der Waals surface area contributed by atoms with Crippen LogP contribution in [0.4, 0.5) is 5.69 Å². The van der Waals surface area contributed by atoms with Crippen LogP contribution in [0.25, 0.3) is 0 Å². The Labute approximate surface area is 148 Å². The number of ether oxygens (including phenoxy) is 3. The molecule has 2 rings (SSSR count). The maximum atomic E-state index is 5.54. The molecule has 0 saturated carbocycles. The summed E-state index contributed by atoms with van der Waals surface area (Å²) in [6.45, 7) is 1.87. The lowest BCUT2D eigenvalue weighted by molar-refractivity contribution is 0.105. The van der Waals surface area contributed by atoms with Gasteiger partial charge in [-0.2, -0.15) is 0 Å². The Balaban J connectivity index is 1.71. The van der Waals surface area contributed by atoms with Gasteiger partial charge in [0.05, 0.1) is 20.5 Å². The molecule has 0 amide bonds. The topological polar surface area (TPSA) is 77.3 Å². The fourth-order valence-corrected chi connectivity index (χ4v) is 2.18. The number of rotatable bonds is 9. The Morgan fingerprint density at radius 3 is 2.68 bits per heavy atom. The molecule has 1 aromatic heterocycles. The minimum absolute atomic E-state index is 0.492. The molecule has 136 valence electrons. The van der Waals surface area contributed by atoms with E-state index in [2.05, 4.69) is 15.6 Å². The number of hydrogen-bond donors (Lipinski definition) is 2. The van der Waals surface area contributed by atoms with Crippen LogP contribution in [-0.2, 0) is 11.3 Å². The van der Waals surface area contributed by atoms with Crippen molar-refractivity contribution in [3.05, 3.63) is 42.4 Å². The van der Waals surface area contributed by atoms with E-state index in [4.69, 9.17) is 18.6 Å². The largest absolute Gasteiger partial charge is 0.493 e. The summed E-state index contributed by atoms with van der Waals surface area (Å²) >= 11 is 0. The Hall–Kier alpha value is -2.67. The number of methoxy groups -OCH3 is 2. The Bertz CT molecular complexity index is 656. The number of benzene rings is 1. The van der Waals surface area contributed by atoms with Gasteiger partial charge in [0.2, 0.25) is 0 Å². The average molecular weight is 347 g/mol. The molecule has 1 heterocycles. The van der Waals surface area contributed by atoms with Crippen LogP contribution in [0.5, 0.6) is 11.5 Å². The van der Waals surface area contributed by atoms with Crippen LogP contribution < -0.4 is 20.1 Å². The predicted molar refractivity (Wildman–Crippen MR) is 97.5 cm³/mol. The Kier molecular flexibility index (Phi) is 7.65. The molecule has 0 aliphatic rings. The van der Waals surface area contributed by atoms with Crippen molar-refractivity contribution in [2.24, 2.45) is 4.99 Å². The fourth-order valence-electron chi connectivity index (χ4n) is 2.18. The zero-order valence-corrected chi connectivity index (χ0v) is 14.9. The molecule has 2 N–H and O–H groups in total. The summed E-state index contributed by atoms with van der Waals surface area (Å²) < 4.78 is 21.3. The molecule has 0 bridgehead atoms. The zero-order valence-electron chi connectivity index (χ0n) is 14.9. The van der Waals surface area contributed by atoms with Crippen molar-refractivity contribution < 1.29 is 18.6 Å².